The lowest BCUT2D eigenvalue weighted by Crippen LogP contribution is -2.37. The Morgan fingerprint density at radius 3 is 2.74 bits per heavy atom. The molecule has 0 saturated carbocycles. The number of nitrogens with zero attached hydrogens (tertiary/aromatic N) is 1. The zero-order chi connectivity index (χ0) is 16.8. The van der Waals surface area contributed by atoms with Crippen LogP contribution in [0.5, 0.6) is 0 Å². The fourth-order valence-electron chi connectivity index (χ4n) is 1.92. The number of nitrogens with two attached hydrogens (primary N) is 1. The van der Waals surface area contributed by atoms with Gasteiger partial charge in [-0.15, -0.1) is 0 Å². The highest BCUT2D eigenvalue weighted by Gasteiger charge is 2.11. The molecule has 8 heteroatoms. The summed E-state index contributed by atoms with van der Waals surface area (Å²) in [4.78, 5) is 22.4. The molecule has 23 heavy (non-hydrogen) atoms. The number of hydrazine groups is 1. The average molecular weight is 316 g/mol. The van der Waals surface area contributed by atoms with Gasteiger partial charge in [-0.3, -0.25) is 5.43 Å². The molecule has 1 heterocycles. The van der Waals surface area contributed by atoms with Gasteiger partial charge in [0.25, 0.3) is 0 Å². The van der Waals surface area contributed by atoms with Crippen molar-refractivity contribution in [3.63, 3.8) is 0 Å². The number of esters is 1. The van der Waals surface area contributed by atoms with E-state index in [0.29, 0.717) is 17.1 Å². The van der Waals surface area contributed by atoms with Crippen molar-refractivity contribution in [3.05, 3.63) is 47.2 Å². The van der Waals surface area contributed by atoms with E-state index in [1.54, 1.807) is 24.3 Å². The maximum absolute atomic E-state index is 11.6. The van der Waals surface area contributed by atoms with Crippen LogP contribution >= 0.6 is 0 Å². The third-order valence-corrected chi connectivity index (χ3v) is 3.03. The lowest BCUT2D eigenvalue weighted by atomic mass is 10.0. The number of urea groups is 1. The number of aryl methyl sites for hydroxylation is 1. The highest BCUT2D eigenvalue weighted by Crippen LogP contribution is 2.24. The molecule has 1 aromatic carbocycles. The molecule has 4 N–H and O–H groups in total. The highest BCUT2D eigenvalue weighted by molar-refractivity contribution is 5.91. The lowest BCUT2D eigenvalue weighted by Gasteiger charge is -2.05. The number of hydrogen-bond acceptors (Lipinski definition) is 6. The van der Waals surface area contributed by atoms with Gasteiger partial charge in [-0.2, -0.15) is 5.10 Å². The molecule has 0 radical (unpaired) electrons. The van der Waals surface area contributed by atoms with E-state index in [1.165, 1.54) is 13.3 Å². The van der Waals surface area contributed by atoms with Crippen LogP contribution in [0.15, 0.2) is 39.9 Å². The van der Waals surface area contributed by atoms with Gasteiger partial charge in [0.15, 0.2) is 0 Å². The summed E-state index contributed by atoms with van der Waals surface area (Å²) in [6, 6.07) is 8.09. The Bertz CT molecular complexity index is 752. The smallest absolute Gasteiger partial charge is 0.349 e. The van der Waals surface area contributed by atoms with Gasteiger partial charge in [-0.1, -0.05) is 6.07 Å². The minimum absolute atomic E-state index is 0.384. The monoisotopic (exact) mass is 316 g/mol. The molecule has 2 amide bonds. The Labute approximate surface area is 132 Å². The number of rotatable bonds is 4. The maximum Gasteiger partial charge on any atom is 0.349 e. The minimum Gasteiger partial charge on any atom is -0.465 e. The molecule has 2 aromatic rings. The number of carbonyl (C=O) groups excluding carboxylic acids is 2. The van der Waals surface area contributed by atoms with Crippen LogP contribution in [0.1, 0.15) is 21.7 Å². The second-order valence-corrected chi connectivity index (χ2v) is 4.57. The molecule has 120 valence electrons. The van der Waals surface area contributed by atoms with E-state index in [-0.39, 0.29) is 5.97 Å². The standard InChI is InChI=1S/C15H16N4O4/c1-9-7-10(3-5-12(9)14(20)22-2)13-6-4-11(23-13)8-17-19-15(21)18-16/h3-8H,16H2,1-2H3,(H2,18,19,21)/b17-8+. The number of benzene rings is 1. The predicted molar refractivity (Wildman–Crippen MR) is 83.7 cm³/mol. The van der Waals surface area contributed by atoms with Crippen molar-refractivity contribution < 1.29 is 18.7 Å². The van der Waals surface area contributed by atoms with Crippen LogP contribution in [0.25, 0.3) is 11.3 Å². The predicted octanol–water partition coefficient (Wildman–Crippen LogP) is 1.55. The summed E-state index contributed by atoms with van der Waals surface area (Å²) in [6.07, 6.45) is 1.34. The Balaban J connectivity index is 2.16. The largest absolute Gasteiger partial charge is 0.465 e. The van der Waals surface area contributed by atoms with E-state index < -0.39 is 6.03 Å². The zero-order valence-electron chi connectivity index (χ0n) is 12.6. The van der Waals surface area contributed by atoms with E-state index in [2.05, 4.69) is 10.5 Å². The van der Waals surface area contributed by atoms with E-state index in [4.69, 9.17) is 15.0 Å². The second-order valence-electron chi connectivity index (χ2n) is 4.57. The van der Waals surface area contributed by atoms with Gasteiger partial charge in [-0.05, 0) is 36.8 Å². The minimum atomic E-state index is -0.637. The number of hydrazone groups is 1. The molecule has 0 saturated heterocycles. The Kier molecular flexibility index (Phi) is 5.11. The Morgan fingerprint density at radius 1 is 1.30 bits per heavy atom. The lowest BCUT2D eigenvalue weighted by molar-refractivity contribution is 0.0600. The van der Waals surface area contributed by atoms with Crippen molar-refractivity contribution in [2.24, 2.45) is 10.9 Å². The van der Waals surface area contributed by atoms with Crippen molar-refractivity contribution in [1.29, 1.82) is 0 Å². The van der Waals surface area contributed by atoms with Gasteiger partial charge >= 0.3 is 12.0 Å². The van der Waals surface area contributed by atoms with Crippen molar-refractivity contribution in [1.82, 2.24) is 10.9 Å². The number of nitrogens with one attached hydrogen (secondary N) is 2. The summed E-state index contributed by atoms with van der Waals surface area (Å²) in [6.45, 7) is 1.82. The number of furan rings is 1. The average Bonchev–Trinajstić information content (AvgIpc) is 3.02. The molecule has 0 fully saturated rings. The third-order valence-electron chi connectivity index (χ3n) is 3.03. The van der Waals surface area contributed by atoms with Gasteiger partial charge in [-0.25, -0.2) is 20.9 Å². The molecule has 0 aliphatic heterocycles. The number of methoxy groups -OCH3 is 1. The van der Waals surface area contributed by atoms with Crippen LogP contribution in [0.4, 0.5) is 4.79 Å². The molecule has 0 atom stereocenters. The number of carbonyl (C=O) groups is 2. The molecule has 0 bridgehead atoms. The quantitative estimate of drug-likeness (QED) is 0.260. The molecule has 0 unspecified atom stereocenters. The van der Waals surface area contributed by atoms with Gasteiger partial charge in [0.05, 0.1) is 18.9 Å². The molecule has 8 nitrogen and oxygen atoms in total. The maximum atomic E-state index is 11.6. The van der Waals surface area contributed by atoms with Crippen LogP contribution < -0.4 is 16.7 Å². The van der Waals surface area contributed by atoms with Gasteiger partial charge in [0.2, 0.25) is 0 Å². The topological polar surface area (TPSA) is 119 Å². The first-order chi connectivity index (χ1) is 11.0. The number of amides is 2. The van der Waals surface area contributed by atoms with Crippen LogP contribution in [-0.2, 0) is 4.74 Å². The zero-order valence-corrected chi connectivity index (χ0v) is 12.6. The molecule has 0 aliphatic carbocycles. The van der Waals surface area contributed by atoms with Gasteiger partial charge in [0, 0.05) is 5.56 Å². The third kappa shape index (κ3) is 3.95. The van der Waals surface area contributed by atoms with E-state index in [9.17, 15) is 9.59 Å². The summed E-state index contributed by atoms with van der Waals surface area (Å²) in [5.74, 6) is 5.57. The molecule has 2 rings (SSSR count). The first-order valence-electron chi connectivity index (χ1n) is 6.64. The fourth-order valence-corrected chi connectivity index (χ4v) is 1.92. The van der Waals surface area contributed by atoms with Crippen molar-refractivity contribution in [2.75, 3.05) is 7.11 Å². The second kappa shape index (κ2) is 7.23. The van der Waals surface area contributed by atoms with E-state index in [1.807, 2.05) is 18.4 Å². The van der Waals surface area contributed by atoms with Crippen LogP contribution in [0, 0.1) is 6.92 Å². The molecule has 0 spiro atoms. The summed E-state index contributed by atoms with van der Waals surface area (Å²) in [5.41, 5.74) is 6.11. The number of ether oxygens (including phenoxy) is 1. The van der Waals surface area contributed by atoms with Crippen LogP contribution in [-0.4, -0.2) is 25.3 Å². The molecule has 0 aliphatic rings. The van der Waals surface area contributed by atoms with E-state index >= 15 is 0 Å². The molecular formula is C15H16N4O4. The highest BCUT2D eigenvalue weighted by atomic mass is 16.5. The van der Waals surface area contributed by atoms with Crippen molar-refractivity contribution >= 4 is 18.2 Å². The first kappa shape index (κ1) is 16.2. The summed E-state index contributed by atoms with van der Waals surface area (Å²) in [5, 5.41) is 3.66. The summed E-state index contributed by atoms with van der Waals surface area (Å²) < 4.78 is 10.3. The Morgan fingerprint density at radius 2 is 2.09 bits per heavy atom. The van der Waals surface area contributed by atoms with Crippen molar-refractivity contribution in [3.8, 4) is 11.3 Å². The summed E-state index contributed by atoms with van der Waals surface area (Å²) in [7, 11) is 1.34. The molecule has 1 aromatic heterocycles. The Hall–Kier alpha value is -3.13. The normalized spacial score (nSPS) is 10.6. The first-order valence-corrected chi connectivity index (χ1v) is 6.64. The van der Waals surface area contributed by atoms with Gasteiger partial charge in [0.1, 0.15) is 11.5 Å². The fraction of sp³-hybridized carbons (Fsp3) is 0.133. The SMILES string of the molecule is COC(=O)c1ccc(-c2ccc(/C=N/NC(=O)NN)o2)cc1C. The van der Waals surface area contributed by atoms with Crippen molar-refractivity contribution in [2.45, 2.75) is 6.92 Å². The summed E-state index contributed by atoms with van der Waals surface area (Å²) >= 11 is 0. The van der Waals surface area contributed by atoms with Crippen LogP contribution in [0.3, 0.4) is 0 Å². The molecular weight excluding hydrogens is 300 g/mol. The van der Waals surface area contributed by atoms with Crippen LogP contribution in [0.2, 0.25) is 0 Å². The van der Waals surface area contributed by atoms with Gasteiger partial charge < -0.3 is 9.15 Å². The number of hydrogen-bond donors (Lipinski definition) is 3. The van der Waals surface area contributed by atoms with E-state index in [0.717, 1.165) is 11.1 Å².